The second-order valence-electron chi connectivity index (χ2n) is 3.62. The fourth-order valence-corrected chi connectivity index (χ4v) is 2.82. The maximum atomic E-state index is 10.9. The highest BCUT2D eigenvalue weighted by atomic mass is 32.2. The lowest BCUT2D eigenvalue weighted by Crippen LogP contribution is -2.37. The first kappa shape index (κ1) is 11.1. The van der Waals surface area contributed by atoms with Gasteiger partial charge in [0.25, 0.3) is 0 Å². The highest BCUT2D eigenvalue weighted by molar-refractivity contribution is 7.88. The Hall–Kier alpha value is 0.0400. The molecule has 0 aromatic heterocycles. The van der Waals surface area contributed by atoms with Gasteiger partial charge in [0, 0.05) is 23.1 Å². The van der Waals surface area contributed by atoms with Gasteiger partial charge in [0.1, 0.15) is 0 Å². The van der Waals surface area contributed by atoms with Crippen LogP contribution in [0.15, 0.2) is 0 Å². The fourth-order valence-electron chi connectivity index (χ4n) is 1.70. The topological polar surface area (TPSA) is 29.1 Å². The molecule has 1 atom stereocenters. The van der Waals surface area contributed by atoms with E-state index < -0.39 is 10.8 Å². The first-order valence-corrected chi connectivity index (χ1v) is 6.91. The molecule has 1 rings (SSSR count). The lowest BCUT2D eigenvalue weighted by molar-refractivity contribution is 0.414. The molecule has 1 aliphatic carbocycles. The average molecular weight is 219 g/mol. The Labute approximate surface area is 87.9 Å². The van der Waals surface area contributed by atoms with Crippen LogP contribution in [0.4, 0.5) is 0 Å². The molecule has 4 heteroatoms. The van der Waals surface area contributed by atoms with Crippen LogP contribution in [0.25, 0.3) is 0 Å². The van der Waals surface area contributed by atoms with E-state index in [1.807, 2.05) is 0 Å². The van der Waals surface area contributed by atoms with E-state index >= 15 is 0 Å². The molecular formula is C9H17NOS2. The quantitative estimate of drug-likeness (QED) is 0.731. The molecule has 0 aromatic carbocycles. The molecule has 0 spiro atoms. The van der Waals surface area contributed by atoms with Crippen molar-refractivity contribution >= 4 is 28.0 Å². The van der Waals surface area contributed by atoms with E-state index in [2.05, 4.69) is 5.32 Å². The third kappa shape index (κ3) is 4.72. The molecule has 1 aliphatic rings. The van der Waals surface area contributed by atoms with E-state index in [0.29, 0.717) is 11.8 Å². The molecule has 1 saturated carbocycles. The van der Waals surface area contributed by atoms with Crippen molar-refractivity contribution in [2.75, 3.05) is 12.0 Å². The summed E-state index contributed by atoms with van der Waals surface area (Å²) >= 11 is 5.11. The van der Waals surface area contributed by atoms with Crippen LogP contribution < -0.4 is 5.32 Å². The molecule has 76 valence electrons. The third-order valence-corrected chi connectivity index (χ3v) is 3.44. The predicted molar refractivity (Wildman–Crippen MR) is 61.5 cm³/mol. The number of nitrogens with one attached hydrogen (secondary N) is 1. The van der Waals surface area contributed by atoms with Gasteiger partial charge in [-0.05, 0) is 12.8 Å². The highest BCUT2D eigenvalue weighted by Gasteiger charge is 2.13. The smallest absolute Gasteiger partial charge is 0.0882 e. The standard InChI is InChI=1S/C9H17NOS2/c1-13(11)7-9(12)10-8-5-3-2-4-6-8/h8H,2-7H2,1H3,(H,10,12). The molecule has 1 fully saturated rings. The van der Waals surface area contributed by atoms with Crippen molar-refractivity contribution in [2.45, 2.75) is 38.1 Å². The molecule has 2 nitrogen and oxygen atoms in total. The highest BCUT2D eigenvalue weighted by Crippen LogP contribution is 2.17. The van der Waals surface area contributed by atoms with Crippen molar-refractivity contribution in [3.05, 3.63) is 0 Å². The molecule has 0 amide bonds. The second kappa shape index (κ2) is 5.70. The number of rotatable bonds is 3. The number of thiocarbonyl (C=S) groups is 1. The maximum absolute atomic E-state index is 10.9. The van der Waals surface area contributed by atoms with E-state index in [1.165, 1.54) is 32.1 Å². The van der Waals surface area contributed by atoms with Gasteiger partial charge in [0.05, 0.1) is 10.7 Å². The number of hydrogen-bond acceptors (Lipinski definition) is 2. The zero-order valence-corrected chi connectivity index (χ0v) is 9.68. The zero-order chi connectivity index (χ0) is 9.68. The summed E-state index contributed by atoms with van der Waals surface area (Å²) in [5.41, 5.74) is 0. The predicted octanol–water partition coefficient (Wildman–Crippen LogP) is 1.61. The van der Waals surface area contributed by atoms with Crippen molar-refractivity contribution in [2.24, 2.45) is 0 Å². The molecule has 0 heterocycles. The van der Waals surface area contributed by atoms with Gasteiger partial charge in [0.2, 0.25) is 0 Å². The second-order valence-corrected chi connectivity index (χ2v) is 5.55. The first-order valence-electron chi connectivity index (χ1n) is 4.78. The Morgan fingerprint density at radius 3 is 2.62 bits per heavy atom. The van der Waals surface area contributed by atoms with E-state index in [1.54, 1.807) is 6.26 Å². The van der Waals surface area contributed by atoms with E-state index in [4.69, 9.17) is 12.2 Å². The van der Waals surface area contributed by atoms with Gasteiger partial charge in [-0.25, -0.2) is 0 Å². The van der Waals surface area contributed by atoms with Crippen molar-refractivity contribution in [1.29, 1.82) is 0 Å². The van der Waals surface area contributed by atoms with Gasteiger partial charge < -0.3 is 5.32 Å². The molecule has 0 bridgehead atoms. The Kier molecular flexibility index (Phi) is 4.88. The first-order chi connectivity index (χ1) is 6.18. The van der Waals surface area contributed by atoms with E-state index in [0.717, 1.165) is 4.99 Å². The summed E-state index contributed by atoms with van der Waals surface area (Å²) in [6, 6.07) is 0.546. The van der Waals surface area contributed by atoms with Crippen molar-refractivity contribution < 1.29 is 4.21 Å². The minimum Gasteiger partial charge on any atom is -0.376 e. The monoisotopic (exact) mass is 219 g/mol. The molecule has 0 aromatic rings. The van der Waals surface area contributed by atoms with Crippen LogP contribution in [0.3, 0.4) is 0 Å². The van der Waals surface area contributed by atoms with Gasteiger partial charge in [-0.15, -0.1) is 0 Å². The Bertz CT molecular complexity index is 200. The van der Waals surface area contributed by atoms with Crippen molar-refractivity contribution in [3.63, 3.8) is 0 Å². The van der Waals surface area contributed by atoms with Crippen LogP contribution >= 0.6 is 12.2 Å². The van der Waals surface area contributed by atoms with Gasteiger partial charge in [0.15, 0.2) is 0 Å². The van der Waals surface area contributed by atoms with Crippen LogP contribution in [0.2, 0.25) is 0 Å². The van der Waals surface area contributed by atoms with E-state index in [9.17, 15) is 4.21 Å². The van der Waals surface area contributed by atoms with E-state index in [-0.39, 0.29) is 0 Å². The largest absolute Gasteiger partial charge is 0.376 e. The van der Waals surface area contributed by atoms with Crippen molar-refractivity contribution in [3.8, 4) is 0 Å². The van der Waals surface area contributed by atoms with Crippen LogP contribution in [0.5, 0.6) is 0 Å². The zero-order valence-electron chi connectivity index (χ0n) is 8.04. The summed E-state index contributed by atoms with van der Waals surface area (Å²) in [5.74, 6) is 0.520. The summed E-state index contributed by atoms with van der Waals surface area (Å²) in [6.45, 7) is 0. The van der Waals surface area contributed by atoms with Crippen LogP contribution in [0, 0.1) is 0 Å². The molecule has 0 radical (unpaired) electrons. The van der Waals surface area contributed by atoms with Gasteiger partial charge in [-0.3, -0.25) is 4.21 Å². The summed E-state index contributed by atoms with van der Waals surface area (Å²) in [5, 5.41) is 3.29. The van der Waals surface area contributed by atoms with Crippen LogP contribution in [-0.2, 0) is 10.8 Å². The lowest BCUT2D eigenvalue weighted by Gasteiger charge is -2.23. The average Bonchev–Trinajstić information content (AvgIpc) is 2.04. The Morgan fingerprint density at radius 1 is 1.46 bits per heavy atom. The maximum Gasteiger partial charge on any atom is 0.0882 e. The van der Waals surface area contributed by atoms with Crippen LogP contribution in [0.1, 0.15) is 32.1 Å². The molecule has 13 heavy (non-hydrogen) atoms. The lowest BCUT2D eigenvalue weighted by atomic mass is 9.96. The fraction of sp³-hybridized carbons (Fsp3) is 0.889. The molecule has 1 unspecified atom stereocenters. The molecule has 0 aliphatic heterocycles. The Morgan fingerprint density at radius 2 is 2.08 bits per heavy atom. The Balaban J connectivity index is 2.22. The van der Waals surface area contributed by atoms with Gasteiger partial charge >= 0.3 is 0 Å². The summed E-state index contributed by atoms with van der Waals surface area (Å²) in [4.78, 5) is 0.771. The van der Waals surface area contributed by atoms with Gasteiger partial charge in [-0.1, -0.05) is 31.5 Å². The molecule has 0 saturated heterocycles. The molecule has 1 N–H and O–H groups in total. The molecular weight excluding hydrogens is 202 g/mol. The van der Waals surface area contributed by atoms with Gasteiger partial charge in [-0.2, -0.15) is 0 Å². The SMILES string of the molecule is CS(=O)CC(=S)NC1CCCCC1. The summed E-state index contributed by atoms with van der Waals surface area (Å²) in [6.07, 6.45) is 8.08. The number of hydrogen-bond donors (Lipinski definition) is 1. The summed E-state index contributed by atoms with van der Waals surface area (Å²) < 4.78 is 10.9. The third-order valence-electron chi connectivity index (χ3n) is 2.30. The summed E-state index contributed by atoms with van der Waals surface area (Å²) in [7, 11) is -0.804. The van der Waals surface area contributed by atoms with Crippen molar-refractivity contribution in [1.82, 2.24) is 5.32 Å². The minimum atomic E-state index is -0.804. The van der Waals surface area contributed by atoms with Crippen LogP contribution in [-0.4, -0.2) is 27.2 Å². The minimum absolute atomic E-state index is 0.520. The normalized spacial score (nSPS) is 21.0.